The molecule has 5 heterocycles. The maximum Gasteiger partial charge on any atom is 0.141 e. The molecule has 0 radical (unpaired) electrons. The maximum absolute atomic E-state index is 4.79. The van der Waals surface area contributed by atoms with Gasteiger partial charge in [0.05, 0.1) is 5.39 Å². The number of nitrogens with zero attached hydrogens (tertiary/aromatic N) is 6. The molecule has 0 spiro atoms. The Bertz CT molecular complexity index is 1200. The lowest BCUT2D eigenvalue weighted by molar-refractivity contribution is 0.464. The van der Waals surface area contributed by atoms with Crippen molar-refractivity contribution < 1.29 is 0 Å². The summed E-state index contributed by atoms with van der Waals surface area (Å²) in [7, 11) is 0. The first-order valence-corrected chi connectivity index (χ1v) is 12.2. The van der Waals surface area contributed by atoms with Crippen LogP contribution in [0.5, 0.6) is 0 Å². The molecule has 0 aliphatic carbocycles. The average Bonchev–Trinajstić information content (AvgIpc) is 3.37. The smallest absolute Gasteiger partial charge is 0.141 e. The van der Waals surface area contributed by atoms with Crippen molar-refractivity contribution in [2.75, 3.05) is 18.0 Å². The molecule has 0 saturated carbocycles. The van der Waals surface area contributed by atoms with E-state index in [2.05, 4.69) is 60.4 Å². The van der Waals surface area contributed by atoms with Gasteiger partial charge in [0, 0.05) is 42.9 Å². The average molecular weight is 431 g/mol. The second-order valence-electron chi connectivity index (χ2n) is 8.61. The lowest BCUT2D eigenvalue weighted by atomic mass is 9.96. The first-order chi connectivity index (χ1) is 15.4. The van der Waals surface area contributed by atoms with Crippen LogP contribution in [0.25, 0.3) is 21.3 Å². The van der Waals surface area contributed by atoms with Gasteiger partial charge in [0.1, 0.15) is 28.6 Å². The van der Waals surface area contributed by atoms with E-state index in [1.54, 1.807) is 17.7 Å². The molecule has 0 N–H and O–H groups in total. The van der Waals surface area contributed by atoms with Crippen LogP contribution in [-0.4, -0.2) is 37.8 Å². The molecule has 1 fully saturated rings. The number of aryl methyl sites for hydroxylation is 1. The van der Waals surface area contributed by atoms with E-state index in [1.165, 1.54) is 47.4 Å². The second-order valence-corrected chi connectivity index (χ2v) is 9.47. The van der Waals surface area contributed by atoms with Gasteiger partial charge in [-0.3, -0.25) is 0 Å². The molecule has 0 amide bonds. The largest absolute Gasteiger partial charge is 0.355 e. The van der Waals surface area contributed by atoms with Crippen molar-refractivity contribution >= 4 is 27.4 Å². The van der Waals surface area contributed by atoms with Crippen molar-refractivity contribution in [3.63, 3.8) is 0 Å². The van der Waals surface area contributed by atoms with Crippen LogP contribution in [0.2, 0.25) is 0 Å². The fraction of sp³-hybridized carbons (Fsp3) is 0.417. The normalized spacial score (nSPS) is 19.4. The van der Waals surface area contributed by atoms with Crippen molar-refractivity contribution in [1.29, 1.82) is 0 Å². The Balaban J connectivity index is 1.37. The van der Waals surface area contributed by atoms with Gasteiger partial charge in [0.15, 0.2) is 0 Å². The van der Waals surface area contributed by atoms with E-state index in [0.717, 1.165) is 49.5 Å². The predicted molar refractivity (Wildman–Crippen MR) is 125 cm³/mol. The van der Waals surface area contributed by atoms with Crippen molar-refractivity contribution in [2.45, 2.75) is 51.0 Å². The molecule has 2 aliphatic rings. The van der Waals surface area contributed by atoms with Crippen LogP contribution in [0.4, 0.5) is 5.82 Å². The molecule has 1 saturated heterocycles. The van der Waals surface area contributed by atoms with Crippen molar-refractivity contribution in [3.8, 4) is 11.1 Å². The molecule has 0 bridgehead atoms. The standard InChI is InChI=1S/C24H26N6S/c1-3-8-17(9-4-1)19-15-31-24-21(19)23(25-16-26-24)29-12-7-10-18(14-29)22-28-27-20-11-5-2-6-13-30(20)22/h1,3-4,8-9,15-16,18H,2,5-7,10-14H2. The number of aromatic nitrogens is 5. The third kappa shape index (κ3) is 3.41. The number of benzene rings is 1. The summed E-state index contributed by atoms with van der Waals surface area (Å²) in [5.41, 5.74) is 2.45. The highest BCUT2D eigenvalue weighted by molar-refractivity contribution is 7.17. The quantitative estimate of drug-likeness (QED) is 0.455. The molecular formula is C24H26N6S. The topological polar surface area (TPSA) is 59.7 Å². The van der Waals surface area contributed by atoms with Crippen LogP contribution in [0.15, 0.2) is 42.0 Å². The van der Waals surface area contributed by atoms with Crippen LogP contribution >= 0.6 is 11.3 Å². The van der Waals surface area contributed by atoms with Gasteiger partial charge in [0.2, 0.25) is 0 Å². The van der Waals surface area contributed by atoms with Gasteiger partial charge in [-0.1, -0.05) is 36.8 Å². The molecule has 2 aliphatic heterocycles. The van der Waals surface area contributed by atoms with E-state index < -0.39 is 0 Å². The van der Waals surface area contributed by atoms with E-state index in [0.29, 0.717) is 5.92 Å². The van der Waals surface area contributed by atoms with E-state index in [1.807, 2.05) is 0 Å². The van der Waals surface area contributed by atoms with Gasteiger partial charge in [0.25, 0.3) is 0 Å². The first kappa shape index (κ1) is 18.9. The number of fused-ring (bicyclic) bond motifs is 2. The Hall–Kier alpha value is -2.80. The first-order valence-electron chi connectivity index (χ1n) is 11.3. The summed E-state index contributed by atoms with van der Waals surface area (Å²) in [6.07, 6.45) is 8.84. The van der Waals surface area contributed by atoms with Crippen molar-refractivity contribution in [2.24, 2.45) is 0 Å². The molecular weight excluding hydrogens is 404 g/mol. The molecule has 1 atom stereocenters. The van der Waals surface area contributed by atoms with Crippen LogP contribution in [-0.2, 0) is 13.0 Å². The Kier molecular flexibility index (Phi) is 4.91. The van der Waals surface area contributed by atoms with E-state index in [9.17, 15) is 0 Å². The number of hydrogen-bond donors (Lipinski definition) is 0. The summed E-state index contributed by atoms with van der Waals surface area (Å²) in [4.78, 5) is 12.9. The zero-order chi connectivity index (χ0) is 20.6. The maximum atomic E-state index is 4.79. The number of thiophene rings is 1. The molecule has 3 aromatic heterocycles. The van der Waals surface area contributed by atoms with Gasteiger partial charge in [-0.25, -0.2) is 9.97 Å². The number of rotatable bonds is 3. The Labute approximate surface area is 186 Å². The van der Waals surface area contributed by atoms with E-state index >= 15 is 0 Å². The van der Waals surface area contributed by atoms with Crippen molar-refractivity contribution in [3.05, 3.63) is 53.7 Å². The van der Waals surface area contributed by atoms with Crippen LogP contribution in [0, 0.1) is 0 Å². The third-order valence-electron chi connectivity index (χ3n) is 6.66. The summed E-state index contributed by atoms with van der Waals surface area (Å²) in [6.45, 7) is 3.02. The molecule has 1 aromatic carbocycles. The van der Waals surface area contributed by atoms with Crippen LogP contribution < -0.4 is 4.90 Å². The molecule has 7 heteroatoms. The fourth-order valence-corrected chi connectivity index (χ4v) is 6.03. The number of piperidine rings is 1. The van der Waals surface area contributed by atoms with E-state index in [-0.39, 0.29) is 0 Å². The Morgan fingerprint density at radius 1 is 0.935 bits per heavy atom. The summed E-state index contributed by atoms with van der Waals surface area (Å²) < 4.78 is 2.41. The highest BCUT2D eigenvalue weighted by Gasteiger charge is 2.29. The molecule has 1 unspecified atom stereocenters. The highest BCUT2D eigenvalue weighted by Crippen LogP contribution is 2.39. The van der Waals surface area contributed by atoms with Gasteiger partial charge >= 0.3 is 0 Å². The van der Waals surface area contributed by atoms with Gasteiger partial charge in [-0.05, 0) is 31.2 Å². The summed E-state index contributed by atoms with van der Waals surface area (Å²) in [5.74, 6) is 3.82. The molecule has 158 valence electrons. The summed E-state index contributed by atoms with van der Waals surface area (Å²) in [6, 6.07) is 10.6. The highest BCUT2D eigenvalue weighted by atomic mass is 32.1. The molecule has 31 heavy (non-hydrogen) atoms. The lowest BCUT2D eigenvalue weighted by Crippen LogP contribution is -2.36. The minimum Gasteiger partial charge on any atom is -0.355 e. The van der Waals surface area contributed by atoms with E-state index in [4.69, 9.17) is 4.98 Å². The SMILES string of the molecule is c1ccc(-c2csc3ncnc(N4CCCC(c5nnc6n5CCCCC6)C4)c23)cc1. The van der Waals surface area contributed by atoms with Gasteiger partial charge in [-0.2, -0.15) is 0 Å². The molecule has 4 aromatic rings. The minimum absolute atomic E-state index is 0.400. The Morgan fingerprint density at radius 2 is 1.87 bits per heavy atom. The zero-order valence-corrected chi connectivity index (χ0v) is 18.4. The van der Waals surface area contributed by atoms with Crippen molar-refractivity contribution in [1.82, 2.24) is 24.7 Å². The lowest BCUT2D eigenvalue weighted by Gasteiger charge is -2.33. The molecule has 6 nitrogen and oxygen atoms in total. The van der Waals surface area contributed by atoms with Gasteiger partial charge in [-0.15, -0.1) is 21.5 Å². The fourth-order valence-electron chi connectivity index (χ4n) is 5.12. The minimum atomic E-state index is 0.400. The number of hydrogen-bond acceptors (Lipinski definition) is 6. The van der Waals surface area contributed by atoms with Crippen LogP contribution in [0.1, 0.15) is 49.7 Å². The van der Waals surface area contributed by atoms with Gasteiger partial charge < -0.3 is 9.47 Å². The zero-order valence-electron chi connectivity index (χ0n) is 17.6. The Morgan fingerprint density at radius 3 is 2.81 bits per heavy atom. The predicted octanol–water partition coefficient (Wildman–Crippen LogP) is 5.06. The number of anilines is 1. The summed E-state index contributed by atoms with van der Waals surface area (Å²) in [5, 5.41) is 12.6. The third-order valence-corrected chi connectivity index (χ3v) is 7.55. The monoisotopic (exact) mass is 430 g/mol. The van der Waals surface area contributed by atoms with Crippen LogP contribution in [0.3, 0.4) is 0 Å². The second kappa shape index (κ2) is 8.04. The summed E-state index contributed by atoms with van der Waals surface area (Å²) >= 11 is 1.70. The molecule has 6 rings (SSSR count).